The Labute approximate surface area is 160 Å². The molecule has 1 aliphatic heterocycles. The number of halogens is 3. The van der Waals surface area contributed by atoms with Crippen molar-refractivity contribution >= 4 is 11.9 Å². The first-order valence-corrected chi connectivity index (χ1v) is 8.42. The monoisotopic (exact) mass is 398 g/mol. The Kier molecular flexibility index (Phi) is 6.79. The largest absolute Gasteiger partial charge is 0.490 e. The molecule has 1 N–H and O–H groups in total. The van der Waals surface area contributed by atoms with Crippen LogP contribution in [-0.2, 0) is 24.4 Å². The minimum atomic E-state index is -5.08. The lowest BCUT2D eigenvalue weighted by Crippen LogP contribution is -2.35. The van der Waals surface area contributed by atoms with E-state index in [1.165, 1.54) is 5.56 Å². The minimum Gasteiger partial charge on any atom is -0.475 e. The zero-order valence-electron chi connectivity index (χ0n) is 15.5. The van der Waals surface area contributed by atoms with E-state index < -0.39 is 12.1 Å². The van der Waals surface area contributed by atoms with Gasteiger partial charge in [0.1, 0.15) is 11.5 Å². The summed E-state index contributed by atoms with van der Waals surface area (Å²) in [4.78, 5) is 29.4. The van der Waals surface area contributed by atoms with Gasteiger partial charge in [-0.05, 0) is 5.56 Å². The van der Waals surface area contributed by atoms with E-state index in [4.69, 9.17) is 9.90 Å². The normalized spacial score (nSPS) is 13.9. The number of hydrogen-bond acceptors (Lipinski definition) is 4. The van der Waals surface area contributed by atoms with Gasteiger partial charge in [-0.15, -0.1) is 0 Å². The number of alkyl halides is 3. The molecule has 1 aliphatic rings. The summed E-state index contributed by atoms with van der Waals surface area (Å²) >= 11 is 0. The van der Waals surface area contributed by atoms with Gasteiger partial charge in [-0.25, -0.2) is 9.78 Å². The van der Waals surface area contributed by atoms with Crippen molar-refractivity contribution < 1.29 is 27.9 Å². The third kappa shape index (κ3) is 5.56. The highest BCUT2D eigenvalue weighted by atomic mass is 19.4. The number of nitrogens with zero attached hydrogens (tertiary/aromatic N) is 4. The first kappa shape index (κ1) is 21.4. The number of aliphatic carboxylic acids is 1. The van der Waals surface area contributed by atoms with Crippen LogP contribution < -0.4 is 0 Å². The highest BCUT2D eigenvalue weighted by Crippen LogP contribution is 2.17. The second-order valence-corrected chi connectivity index (χ2v) is 6.41. The van der Waals surface area contributed by atoms with Gasteiger partial charge >= 0.3 is 12.1 Å². The number of carbonyl (C=O) groups is 2. The minimum absolute atomic E-state index is 0.0188. The predicted octanol–water partition coefficient (Wildman–Crippen LogP) is 2.23. The van der Waals surface area contributed by atoms with E-state index in [9.17, 15) is 18.0 Å². The third-order valence-corrected chi connectivity index (χ3v) is 4.06. The van der Waals surface area contributed by atoms with Crippen molar-refractivity contribution in [3.8, 4) is 0 Å². The van der Waals surface area contributed by atoms with Gasteiger partial charge in [0.25, 0.3) is 5.91 Å². The van der Waals surface area contributed by atoms with Crippen LogP contribution in [0.1, 0.15) is 21.9 Å². The molecule has 7 nitrogen and oxygen atoms in total. The van der Waals surface area contributed by atoms with Gasteiger partial charge in [0.2, 0.25) is 0 Å². The lowest BCUT2D eigenvalue weighted by Gasteiger charge is -2.28. The van der Waals surface area contributed by atoms with Gasteiger partial charge in [0.05, 0.1) is 12.7 Å². The van der Waals surface area contributed by atoms with E-state index in [1.807, 2.05) is 10.6 Å². The Morgan fingerprint density at radius 2 is 1.79 bits per heavy atom. The van der Waals surface area contributed by atoms with Crippen LogP contribution in [0.5, 0.6) is 0 Å². The Morgan fingerprint density at radius 1 is 1.18 bits per heavy atom. The van der Waals surface area contributed by atoms with Gasteiger partial charge in [-0.3, -0.25) is 9.69 Å². The summed E-state index contributed by atoms with van der Waals surface area (Å²) in [6, 6.07) is 10.4. The third-order valence-electron chi connectivity index (χ3n) is 4.06. The van der Waals surface area contributed by atoms with Gasteiger partial charge < -0.3 is 14.6 Å². The first-order valence-electron chi connectivity index (χ1n) is 8.42. The Bertz CT molecular complexity index is 819. The van der Waals surface area contributed by atoms with E-state index in [0.29, 0.717) is 5.69 Å². The van der Waals surface area contributed by atoms with Gasteiger partial charge in [-0.2, -0.15) is 13.2 Å². The molecule has 0 radical (unpaired) electrons. The van der Waals surface area contributed by atoms with E-state index in [0.717, 1.165) is 32.0 Å². The van der Waals surface area contributed by atoms with E-state index >= 15 is 0 Å². The van der Waals surface area contributed by atoms with Crippen molar-refractivity contribution in [2.45, 2.75) is 25.8 Å². The fourth-order valence-corrected chi connectivity index (χ4v) is 2.69. The second kappa shape index (κ2) is 8.87. The zero-order valence-corrected chi connectivity index (χ0v) is 15.5. The molecule has 0 aliphatic carbocycles. The van der Waals surface area contributed by atoms with Crippen LogP contribution >= 0.6 is 0 Å². The lowest BCUT2D eigenvalue weighted by molar-refractivity contribution is -0.192. The number of aromatic nitrogens is 2. The Morgan fingerprint density at radius 3 is 2.32 bits per heavy atom. The highest BCUT2D eigenvalue weighted by Gasteiger charge is 2.38. The summed E-state index contributed by atoms with van der Waals surface area (Å²) in [7, 11) is 3.54. The molecule has 10 heteroatoms. The maximum Gasteiger partial charge on any atom is 0.490 e. The van der Waals surface area contributed by atoms with Crippen LogP contribution in [0, 0.1) is 0 Å². The topological polar surface area (TPSA) is 78.7 Å². The number of imidazole rings is 1. The zero-order chi connectivity index (χ0) is 20.9. The first-order chi connectivity index (χ1) is 13.1. The molecule has 0 unspecified atom stereocenters. The van der Waals surface area contributed by atoms with Crippen molar-refractivity contribution in [1.29, 1.82) is 0 Å². The molecule has 2 aromatic rings. The van der Waals surface area contributed by atoms with Crippen molar-refractivity contribution in [3.05, 3.63) is 53.6 Å². The Hall–Kier alpha value is -2.88. The molecule has 0 bridgehead atoms. The van der Waals surface area contributed by atoms with Crippen LogP contribution in [0.4, 0.5) is 13.2 Å². The molecular weight excluding hydrogens is 377 g/mol. The molecule has 2 heterocycles. The fraction of sp³-hybridized carbons (Fsp3) is 0.389. The van der Waals surface area contributed by atoms with Crippen LogP contribution in [-0.4, -0.2) is 63.2 Å². The van der Waals surface area contributed by atoms with Crippen molar-refractivity contribution in [3.63, 3.8) is 0 Å². The number of fused-ring (bicyclic) bond motifs is 1. The standard InChI is InChI=1S/C16H20N4O.C2HF3O2/c1-18(2)16(21)14-10-17-15-12-19(8-9-20(14)15)11-13-6-4-3-5-7-13;3-2(4,5)1(6)7/h3-7,10H,8-9,11-12H2,1-2H3;(H,6,7). The molecule has 0 saturated heterocycles. The number of carbonyl (C=O) groups excluding carboxylic acids is 1. The highest BCUT2D eigenvalue weighted by molar-refractivity contribution is 5.92. The number of benzene rings is 1. The summed E-state index contributed by atoms with van der Waals surface area (Å²) in [6.07, 6.45) is -3.39. The molecule has 0 spiro atoms. The smallest absolute Gasteiger partial charge is 0.475 e. The molecule has 1 amide bonds. The van der Waals surface area contributed by atoms with Gasteiger partial charge in [0.15, 0.2) is 0 Å². The van der Waals surface area contributed by atoms with Crippen LogP contribution in [0.25, 0.3) is 0 Å². The molecule has 28 heavy (non-hydrogen) atoms. The lowest BCUT2D eigenvalue weighted by atomic mass is 10.2. The molecule has 152 valence electrons. The molecule has 3 rings (SSSR count). The van der Waals surface area contributed by atoms with Crippen molar-refractivity contribution in [2.24, 2.45) is 0 Å². The molecule has 0 saturated carbocycles. The van der Waals surface area contributed by atoms with Crippen LogP contribution in [0.15, 0.2) is 36.5 Å². The van der Waals surface area contributed by atoms with Crippen LogP contribution in [0.2, 0.25) is 0 Å². The molecule has 1 aromatic heterocycles. The predicted molar refractivity (Wildman–Crippen MR) is 94.5 cm³/mol. The molecule has 0 fully saturated rings. The quantitative estimate of drug-likeness (QED) is 0.858. The SMILES string of the molecule is CN(C)C(=O)c1cnc2n1CCN(Cc1ccccc1)C2.O=C(O)C(F)(F)F. The fourth-order valence-electron chi connectivity index (χ4n) is 2.69. The number of carboxylic acids is 1. The van der Waals surface area contributed by atoms with Crippen molar-refractivity contribution in [2.75, 3.05) is 20.6 Å². The molecule has 0 atom stereocenters. The number of hydrogen-bond donors (Lipinski definition) is 1. The summed E-state index contributed by atoms with van der Waals surface area (Å²) in [5, 5.41) is 7.12. The average Bonchev–Trinajstić information content (AvgIpc) is 3.04. The van der Waals surface area contributed by atoms with E-state index in [2.05, 4.69) is 34.1 Å². The summed E-state index contributed by atoms with van der Waals surface area (Å²) in [5.41, 5.74) is 2.00. The van der Waals surface area contributed by atoms with Crippen LogP contribution in [0.3, 0.4) is 0 Å². The summed E-state index contributed by atoms with van der Waals surface area (Å²) in [6.45, 7) is 3.46. The van der Waals surface area contributed by atoms with E-state index in [1.54, 1.807) is 25.2 Å². The molecule has 1 aromatic carbocycles. The van der Waals surface area contributed by atoms with Crippen molar-refractivity contribution in [1.82, 2.24) is 19.4 Å². The number of amides is 1. The van der Waals surface area contributed by atoms with Gasteiger partial charge in [-0.1, -0.05) is 30.3 Å². The van der Waals surface area contributed by atoms with E-state index in [-0.39, 0.29) is 5.91 Å². The maximum atomic E-state index is 12.1. The number of rotatable bonds is 3. The summed E-state index contributed by atoms with van der Waals surface area (Å²) in [5.74, 6) is -1.76. The Balaban J connectivity index is 0.000000345. The number of carboxylic acid groups (broad SMARTS) is 1. The second-order valence-electron chi connectivity index (χ2n) is 6.41. The maximum absolute atomic E-state index is 12.1. The molecular formula is C18H21F3N4O3. The van der Waals surface area contributed by atoms with Gasteiger partial charge in [0, 0.05) is 33.7 Å². The summed E-state index contributed by atoms with van der Waals surface area (Å²) < 4.78 is 33.8. The average molecular weight is 398 g/mol.